The fourth-order valence-electron chi connectivity index (χ4n) is 3.22. The Morgan fingerprint density at radius 1 is 1.29 bits per heavy atom. The van der Waals surface area contributed by atoms with Crippen molar-refractivity contribution in [3.63, 3.8) is 0 Å². The summed E-state index contributed by atoms with van der Waals surface area (Å²) in [6, 6.07) is 10.2. The summed E-state index contributed by atoms with van der Waals surface area (Å²) < 4.78 is 5.55. The minimum atomic E-state index is -0.356. The van der Waals surface area contributed by atoms with Crippen LogP contribution in [0.3, 0.4) is 0 Å². The number of thioether (sulfide) groups is 1. The van der Waals surface area contributed by atoms with E-state index in [2.05, 4.69) is 5.32 Å². The summed E-state index contributed by atoms with van der Waals surface area (Å²) in [5, 5.41) is 2.82. The summed E-state index contributed by atoms with van der Waals surface area (Å²) in [4.78, 5) is 40.6. The summed E-state index contributed by atoms with van der Waals surface area (Å²) in [7, 11) is 1.56. The van der Waals surface area contributed by atoms with Crippen LogP contribution in [0.1, 0.15) is 29.7 Å². The average Bonchev–Trinajstić information content (AvgIpc) is 3.06. The highest BCUT2D eigenvalue weighted by Gasteiger charge is 2.31. The minimum Gasteiger partial charge on any atom is -0.455 e. The first-order chi connectivity index (χ1) is 13.4. The smallest absolute Gasteiger partial charge is 0.289 e. The third-order valence-electron chi connectivity index (χ3n) is 4.51. The maximum Gasteiger partial charge on any atom is 0.289 e. The molecule has 1 N–H and O–H groups in total. The Hall–Kier alpha value is -2.74. The summed E-state index contributed by atoms with van der Waals surface area (Å²) in [6.45, 7) is 1.70. The van der Waals surface area contributed by atoms with Gasteiger partial charge in [0.25, 0.3) is 5.91 Å². The molecule has 0 spiro atoms. The van der Waals surface area contributed by atoms with E-state index in [1.807, 2.05) is 19.2 Å². The lowest BCUT2D eigenvalue weighted by molar-refractivity contribution is -0.119. The fourth-order valence-corrected chi connectivity index (χ4v) is 3.66. The van der Waals surface area contributed by atoms with E-state index in [9.17, 15) is 14.4 Å². The maximum atomic E-state index is 13.0. The number of anilines is 2. The molecule has 1 aliphatic rings. The molecule has 0 fully saturated rings. The Morgan fingerprint density at radius 3 is 2.79 bits per heavy atom. The Balaban J connectivity index is 1.77. The van der Waals surface area contributed by atoms with Crippen LogP contribution in [-0.4, -0.2) is 48.5 Å². The van der Waals surface area contributed by atoms with Gasteiger partial charge in [0.05, 0.1) is 17.1 Å². The third-order valence-corrected chi connectivity index (χ3v) is 5.08. The summed E-state index contributed by atoms with van der Waals surface area (Å²) >= 11 is 1.60. The van der Waals surface area contributed by atoms with Gasteiger partial charge in [-0.25, -0.2) is 0 Å². The molecule has 3 rings (SSSR count). The van der Waals surface area contributed by atoms with Crippen LogP contribution in [0.25, 0.3) is 0 Å². The number of furan rings is 1. The number of hydrogen-bond acceptors (Lipinski definition) is 5. The Labute approximate surface area is 168 Å². The molecule has 0 radical (unpaired) electrons. The molecule has 7 nitrogen and oxygen atoms in total. The molecule has 0 saturated heterocycles. The second kappa shape index (κ2) is 8.52. The first-order valence-corrected chi connectivity index (χ1v) is 10.3. The average molecular weight is 401 g/mol. The Kier molecular flexibility index (Phi) is 6.08. The van der Waals surface area contributed by atoms with Crippen molar-refractivity contribution in [3.05, 3.63) is 47.9 Å². The molecule has 3 amide bonds. The van der Waals surface area contributed by atoms with Crippen molar-refractivity contribution in [2.75, 3.05) is 30.1 Å². The second-order valence-electron chi connectivity index (χ2n) is 6.74. The van der Waals surface area contributed by atoms with Gasteiger partial charge in [0, 0.05) is 19.5 Å². The number of carbonyl (C=O) groups is 3. The first kappa shape index (κ1) is 20.0. The molecule has 1 aromatic carbocycles. The van der Waals surface area contributed by atoms with Gasteiger partial charge in [-0.3, -0.25) is 14.4 Å². The normalized spacial score (nSPS) is 16.2. The van der Waals surface area contributed by atoms with Crippen molar-refractivity contribution in [1.29, 1.82) is 0 Å². The maximum absolute atomic E-state index is 13.0. The van der Waals surface area contributed by atoms with Crippen molar-refractivity contribution in [2.45, 2.75) is 25.1 Å². The zero-order valence-corrected chi connectivity index (χ0v) is 16.9. The number of nitrogens with one attached hydrogen (secondary N) is 1. The van der Waals surface area contributed by atoms with Gasteiger partial charge in [-0.05, 0) is 37.4 Å². The van der Waals surface area contributed by atoms with E-state index >= 15 is 0 Å². The predicted molar refractivity (Wildman–Crippen MR) is 110 cm³/mol. The van der Waals surface area contributed by atoms with Gasteiger partial charge in [0.15, 0.2) is 5.76 Å². The summed E-state index contributed by atoms with van der Waals surface area (Å²) in [6.07, 6.45) is 2.14. The molecular weight excluding hydrogens is 378 g/mol. The minimum absolute atomic E-state index is 0.121. The van der Waals surface area contributed by atoms with Crippen LogP contribution < -0.4 is 10.2 Å². The highest BCUT2D eigenvalue weighted by molar-refractivity contribution is 7.97. The third kappa shape index (κ3) is 4.22. The van der Waals surface area contributed by atoms with E-state index in [1.54, 1.807) is 54.0 Å². The highest BCUT2D eigenvalue weighted by Crippen LogP contribution is 2.31. The molecule has 0 aliphatic carbocycles. The lowest BCUT2D eigenvalue weighted by Gasteiger charge is -2.29. The van der Waals surface area contributed by atoms with Gasteiger partial charge in [0.2, 0.25) is 11.8 Å². The summed E-state index contributed by atoms with van der Waals surface area (Å²) in [5.41, 5.74) is 1.22. The van der Waals surface area contributed by atoms with Gasteiger partial charge in [-0.2, -0.15) is 11.8 Å². The second-order valence-corrected chi connectivity index (χ2v) is 7.61. The number of fused-ring (bicyclic) bond motifs is 1. The SMILES string of the molecule is CSCc1ccc(C(=O)N(C)CC(=O)N2c3ccccc3NC(=O)C[C@@H]2C)o1. The quantitative estimate of drug-likeness (QED) is 0.833. The molecule has 28 heavy (non-hydrogen) atoms. The molecule has 8 heteroatoms. The number of hydrogen-bond donors (Lipinski definition) is 1. The molecular formula is C20H23N3O4S. The monoisotopic (exact) mass is 401 g/mol. The van der Waals surface area contributed by atoms with Crippen LogP contribution in [0, 0.1) is 0 Å². The molecule has 1 aromatic heterocycles. The van der Waals surface area contributed by atoms with Gasteiger partial charge < -0.3 is 19.5 Å². The van der Waals surface area contributed by atoms with Gasteiger partial charge >= 0.3 is 0 Å². The zero-order chi connectivity index (χ0) is 20.3. The number of amides is 3. The molecule has 0 bridgehead atoms. The van der Waals surface area contributed by atoms with Crippen LogP contribution in [-0.2, 0) is 15.3 Å². The fraction of sp³-hybridized carbons (Fsp3) is 0.350. The molecule has 1 aliphatic heterocycles. The van der Waals surface area contributed by atoms with Gasteiger partial charge in [0.1, 0.15) is 12.3 Å². The van der Waals surface area contributed by atoms with E-state index in [1.165, 1.54) is 4.90 Å². The largest absolute Gasteiger partial charge is 0.455 e. The van der Waals surface area contributed by atoms with Crippen molar-refractivity contribution in [2.24, 2.45) is 0 Å². The van der Waals surface area contributed by atoms with Gasteiger partial charge in [-0.15, -0.1) is 0 Å². The predicted octanol–water partition coefficient (Wildman–Crippen LogP) is 2.98. The number of para-hydroxylation sites is 2. The van der Waals surface area contributed by atoms with E-state index < -0.39 is 0 Å². The van der Waals surface area contributed by atoms with Crippen LogP contribution in [0.15, 0.2) is 40.8 Å². The summed E-state index contributed by atoms with van der Waals surface area (Å²) in [5.74, 6) is 0.847. The van der Waals surface area contributed by atoms with Crippen LogP contribution >= 0.6 is 11.8 Å². The molecule has 1 atom stereocenters. The number of nitrogens with zero attached hydrogens (tertiary/aromatic N) is 2. The molecule has 2 heterocycles. The molecule has 2 aromatic rings. The van der Waals surface area contributed by atoms with Gasteiger partial charge in [-0.1, -0.05) is 12.1 Å². The highest BCUT2D eigenvalue weighted by atomic mass is 32.2. The number of benzene rings is 1. The molecule has 0 unspecified atom stereocenters. The molecule has 0 saturated carbocycles. The number of carbonyl (C=O) groups excluding carboxylic acids is 3. The molecule has 148 valence electrons. The van der Waals surface area contributed by atoms with Crippen LogP contribution in [0.2, 0.25) is 0 Å². The van der Waals surface area contributed by atoms with E-state index in [0.29, 0.717) is 17.1 Å². The van der Waals surface area contributed by atoms with Crippen LogP contribution in [0.4, 0.5) is 11.4 Å². The van der Waals surface area contributed by atoms with Crippen LogP contribution in [0.5, 0.6) is 0 Å². The van der Waals surface area contributed by atoms with E-state index in [4.69, 9.17) is 4.42 Å². The standard InChI is InChI=1S/C20H23N3O4S/c1-13-10-18(24)21-15-6-4-5-7-16(15)23(13)19(25)11-22(2)20(26)17-9-8-14(27-17)12-28-3/h4-9,13H,10-12H2,1-3H3,(H,21,24)/t13-/m0/s1. The van der Waals surface area contributed by atoms with E-state index in [0.717, 1.165) is 5.76 Å². The number of rotatable bonds is 5. The lowest BCUT2D eigenvalue weighted by atomic mass is 10.1. The Morgan fingerprint density at radius 2 is 2.04 bits per heavy atom. The van der Waals surface area contributed by atoms with Crippen molar-refractivity contribution < 1.29 is 18.8 Å². The lowest BCUT2D eigenvalue weighted by Crippen LogP contribution is -2.45. The topological polar surface area (TPSA) is 82.9 Å². The first-order valence-electron chi connectivity index (χ1n) is 8.94. The van der Waals surface area contributed by atoms with E-state index in [-0.39, 0.29) is 42.5 Å². The van der Waals surface area contributed by atoms with Crippen molar-refractivity contribution >= 4 is 40.9 Å². The Bertz CT molecular complexity index is 895. The van der Waals surface area contributed by atoms with Crippen molar-refractivity contribution in [3.8, 4) is 0 Å². The van der Waals surface area contributed by atoms with Crippen molar-refractivity contribution in [1.82, 2.24) is 4.90 Å². The number of likely N-dealkylation sites (N-methyl/N-ethyl adjacent to an activating group) is 1. The zero-order valence-electron chi connectivity index (χ0n) is 16.1.